The Labute approximate surface area is 149 Å². The molecule has 0 atom stereocenters. The Hall–Kier alpha value is -2.99. The summed E-state index contributed by atoms with van der Waals surface area (Å²) in [5, 5.41) is 2.85. The van der Waals surface area contributed by atoms with E-state index in [2.05, 4.69) is 35.6 Å². The summed E-state index contributed by atoms with van der Waals surface area (Å²) in [5.41, 5.74) is 5.10. The van der Waals surface area contributed by atoms with E-state index in [4.69, 9.17) is 12.2 Å². The highest BCUT2D eigenvalue weighted by atomic mass is 32.2. The topological polar surface area (TPSA) is 134 Å². The fraction of sp³-hybridized carbons (Fsp3) is 0.0769. The number of aromatic nitrogens is 2. The fourth-order valence-corrected chi connectivity index (χ4v) is 2.70. The van der Waals surface area contributed by atoms with E-state index in [1.54, 1.807) is 6.07 Å². The highest BCUT2D eigenvalue weighted by Gasteiger charge is 2.15. The summed E-state index contributed by atoms with van der Waals surface area (Å²) >= 11 is 4.96. The van der Waals surface area contributed by atoms with E-state index >= 15 is 0 Å². The van der Waals surface area contributed by atoms with Gasteiger partial charge >= 0.3 is 6.09 Å². The molecule has 0 radical (unpaired) electrons. The molecule has 0 spiro atoms. The van der Waals surface area contributed by atoms with Crippen LogP contribution in [0.4, 0.5) is 16.4 Å². The van der Waals surface area contributed by atoms with Crippen LogP contribution in [-0.2, 0) is 14.8 Å². The van der Waals surface area contributed by atoms with Crippen LogP contribution in [-0.4, -0.2) is 36.7 Å². The zero-order valence-corrected chi connectivity index (χ0v) is 14.5. The van der Waals surface area contributed by atoms with Gasteiger partial charge in [-0.3, -0.25) is 5.43 Å². The van der Waals surface area contributed by atoms with Gasteiger partial charge in [0.1, 0.15) is 0 Å². The standard InChI is InChI=1S/C13H14N6O4S2/c1-23-13(20)18-17-12(24)16-9-3-5-10(6-4-9)25(21,22)19-11-14-7-2-8-15-11/h2-8H,1H3,(H,18,20)(H,14,15,19)(H2,16,17,24). The van der Waals surface area contributed by atoms with Crippen LogP contribution in [0.15, 0.2) is 47.6 Å². The highest BCUT2D eigenvalue weighted by molar-refractivity contribution is 7.92. The van der Waals surface area contributed by atoms with Gasteiger partial charge in [-0.15, -0.1) is 0 Å². The van der Waals surface area contributed by atoms with Gasteiger partial charge in [0.2, 0.25) is 5.95 Å². The van der Waals surface area contributed by atoms with Crippen molar-refractivity contribution in [3.63, 3.8) is 0 Å². The summed E-state index contributed by atoms with van der Waals surface area (Å²) in [7, 11) is -2.60. The van der Waals surface area contributed by atoms with Gasteiger partial charge in [-0.1, -0.05) is 0 Å². The number of sulfonamides is 1. The number of carbonyl (C=O) groups excluding carboxylic acids is 1. The van der Waals surface area contributed by atoms with Crippen molar-refractivity contribution in [1.82, 2.24) is 20.8 Å². The molecule has 0 saturated carbocycles. The van der Waals surface area contributed by atoms with Gasteiger partial charge in [-0.2, -0.15) is 0 Å². The van der Waals surface area contributed by atoms with E-state index in [1.165, 1.54) is 43.8 Å². The zero-order chi connectivity index (χ0) is 18.3. The number of nitrogens with one attached hydrogen (secondary N) is 4. The average Bonchev–Trinajstić information content (AvgIpc) is 2.60. The van der Waals surface area contributed by atoms with Gasteiger partial charge in [0.05, 0.1) is 12.0 Å². The normalized spacial score (nSPS) is 10.4. The average molecular weight is 382 g/mol. The van der Waals surface area contributed by atoms with E-state index < -0.39 is 16.1 Å². The maximum Gasteiger partial charge on any atom is 0.425 e. The molecule has 10 nitrogen and oxygen atoms in total. The maximum absolute atomic E-state index is 12.2. The van der Waals surface area contributed by atoms with E-state index in [0.29, 0.717) is 5.69 Å². The number of hydrazine groups is 1. The molecule has 4 N–H and O–H groups in total. The minimum Gasteiger partial charge on any atom is -0.452 e. The molecule has 132 valence electrons. The predicted octanol–water partition coefficient (Wildman–Crippen LogP) is 0.835. The molecule has 12 heteroatoms. The molecule has 1 aromatic carbocycles. The molecular weight excluding hydrogens is 368 g/mol. The van der Waals surface area contributed by atoms with Crippen molar-refractivity contribution in [1.29, 1.82) is 0 Å². The molecule has 0 aliphatic heterocycles. The first-order valence-corrected chi connectivity index (χ1v) is 8.61. The molecular formula is C13H14N6O4S2. The monoisotopic (exact) mass is 382 g/mol. The second-order valence-electron chi connectivity index (χ2n) is 4.40. The van der Waals surface area contributed by atoms with E-state index in [9.17, 15) is 13.2 Å². The van der Waals surface area contributed by atoms with Gasteiger partial charge in [-0.25, -0.2) is 33.3 Å². The lowest BCUT2D eigenvalue weighted by atomic mass is 10.3. The third-order valence-electron chi connectivity index (χ3n) is 2.68. The molecule has 1 heterocycles. The number of anilines is 2. The number of nitrogens with zero attached hydrogens (tertiary/aromatic N) is 2. The minimum absolute atomic E-state index is 0.0241. The minimum atomic E-state index is -3.81. The first-order valence-electron chi connectivity index (χ1n) is 6.71. The van der Waals surface area contributed by atoms with Gasteiger partial charge in [-0.05, 0) is 42.5 Å². The maximum atomic E-state index is 12.2. The number of carbonyl (C=O) groups is 1. The van der Waals surface area contributed by atoms with Gasteiger partial charge in [0.25, 0.3) is 10.0 Å². The lowest BCUT2D eigenvalue weighted by Crippen LogP contribution is -2.43. The first kappa shape index (κ1) is 18.4. The third-order valence-corrected chi connectivity index (χ3v) is 4.23. The smallest absolute Gasteiger partial charge is 0.425 e. The summed E-state index contributed by atoms with van der Waals surface area (Å²) < 4.78 is 31.1. The predicted molar refractivity (Wildman–Crippen MR) is 94.2 cm³/mol. The summed E-state index contributed by atoms with van der Waals surface area (Å²) in [6.45, 7) is 0. The Bertz CT molecular complexity index is 843. The fourth-order valence-electron chi connectivity index (χ4n) is 1.57. The Morgan fingerprint density at radius 2 is 1.76 bits per heavy atom. The number of rotatable bonds is 4. The van der Waals surface area contributed by atoms with Crippen LogP contribution in [0.5, 0.6) is 0 Å². The van der Waals surface area contributed by atoms with E-state index in [-0.39, 0.29) is 16.0 Å². The largest absolute Gasteiger partial charge is 0.452 e. The van der Waals surface area contributed by atoms with Gasteiger partial charge in [0, 0.05) is 18.1 Å². The van der Waals surface area contributed by atoms with Gasteiger partial charge < -0.3 is 10.1 Å². The number of benzene rings is 1. The van der Waals surface area contributed by atoms with Crippen molar-refractivity contribution in [3.8, 4) is 0 Å². The molecule has 0 aliphatic rings. The number of hydrogen-bond donors (Lipinski definition) is 4. The Balaban J connectivity index is 1.99. The Morgan fingerprint density at radius 1 is 1.12 bits per heavy atom. The molecule has 2 aromatic rings. The quantitative estimate of drug-likeness (QED) is 0.448. The van der Waals surface area contributed by atoms with Crippen LogP contribution >= 0.6 is 12.2 Å². The van der Waals surface area contributed by atoms with Crippen LogP contribution in [0.25, 0.3) is 0 Å². The summed E-state index contributed by atoms with van der Waals surface area (Å²) in [4.78, 5) is 18.5. The summed E-state index contributed by atoms with van der Waals surface area (Å²) in [6, 6.07) is 7.34. The van der Waals surface area contributed by atoms with Crippen molar-refractivity contribution < 1.29 is 17.9 Å². The second kappa shape index (κ2) is 8.21. The molecule has 0 unspecified atom stereocenters. The van der Waals surface area contributed by atoms with Gasteiger partial charge in [0.15, 0.2) is 5.11 Å². The third kappa shape index (κ3) is 5.54. The molecule has 0 saturated heterocycles. The molecule has 25 heavy (non-hydrogen) atoms. The van der Waals surface area contributed by atoms with Crippen LogP contribution < -0.4 is 20.9 Å². The summed E-state index contributed by atoms with van der Waals surface area (Å²) in [5.74, 6) is -0.0241. The Kier molecular flexibility index (Phi) is 6.03. The molecule has 2 rings (SSSR count). The van der Waals surface area contributed by atoms with Crippen molar-refractivity contribution >= 4 is 45.1 Å². The number of hydrogen-bond acceptors (Lipinski definition) is 7. The van der Waals surface area contributed by atoms with Crippen LogP contribution in [0, 0.1) is 0 Å². The first-order chi connectivity index (χ1) is 11.9. The van der Waals surface area contributed by atoms with Crippen LogP contribution in [0.2, 0.25) is 0 Å². The van der Waals surface area contributed by atoms with E-state index in [0.717, 1.165) is 0 Å². The molecule has 0 aliphatic carbocycles. The lowest BCUT2D eigenvalue weighted by Gasteiger charge is -2.11. The zero-order valence-electron chi connectivity index (χ0n) is 12.9. The molecule has 1 aromatic heterocycles. The van der Waals surface area contributed by atoms with Crippen molar-refractivity contribution in [3.05, 3.63) is 42.7 Å². The molecule has 0 bridgehead atoms. The number of methoxy groups -OCH3 is 1. The molecule has 0 fully saturated rings. The SMILES string of the molecule is COC(=O)NNC(=S)Nc1ccc(S(=O)(=O)Nc2ncccn2)cc1. The van der Waals surface area contributed by atoms with Crippen molar-refractivity contribution in [2.75, 3.05) is 17.1 Å². The Morgan fingerprint density at radius 3 is 2.36 bits per heavy atom. The van der Waals surface area contributed by atoms with E-state index in [1.807, 2.05) is 0 Å². The van der Waals surface area contributed by atoms with Crippen LogP contribution in [0.3, 0.4) is 0 Å². The highest BCUT2D eigenvalue weighted by Crippen LogP contribution is 2.16. The van der Waals surface area contributed by atoms with Crippen molar-refractivity contribution in [2.45, 2.75) is 4.90 Å². The second-order valence-corrected chi connectivity index (χ2v) is 6.49. The number of thiocarbonyl (C=S) groups is 1. The van der Waals surface area contributed by atoms with Crippen LogP contribution in [0.1, 0.15) is 0 Å². The number of ether oxygens (including phenoxy) is 1. The number of amides is 1. The van der Waals surface area contributed by atoms with Crippen molar-refractivity contribution in [2.24, 2.45) is 0 Å². The lowest BCUT2D eigenvalue weighted by molar-refractivity contribution is 0.169. The summed E-state index contributed by atoms with van der Waals surface area (Å²) in [6.07, 6.45) is 2.14. The molecule has 1 amide bonds.